The highest BCUT2D eigenvalue weighted by Gasteiger charge is 2.26. The van der Waals surface area contributed by atoms with Crippen LogP contribution in [0.3, 0.4) is 0 Å². The van der Waals surface area contributed by atoms with Gasteiger partial charge in [-0.2, -0.15) is 5.10 Å². The summed E-state index contributed by atoms with van der Waals surface area (Å²) >= 11 is 0. The van der Waals surface area contributed by atoms with Crippen molar-refractivity contribution in [1.29, 1.82) is 0 Å². The summed E-state index contributed by atoms with van der Waals surface area (Å²) < 4.78 is 6.76. The smallest absolute Gasteiger partial charge is 0.268 e. The molecule has 2 aliphatic heterocycles. The van der Waals surface area contributed by atoms with Gasteiger partial charge in [-0.3, -0.25) is 9.59 Å². The molecule has 1 aromatic rings. The molecule has 1 amide bonds. The van der Waals surface area contributed by atoms with Gasteiger partial charge in [0.15, 0.2) is 0 Å². The first-order valence-electron chi connectivity index (χ1n) is 8.85. The average molecular weight is 334 g/mol. The monoisotopic (exact) mass is 334 g/mol. The first-order valence-corrected chi connectivity index (χ1v) is 8.85. The van der Waals surface area contributed by atoms with Crippen LogP contribution in [0.15, 0.2) is 17.1 Å². The fourth-order valence-corrected chi connectivity index (χ4v) is 3.49. The summed E-state index contributed by atoms with van der Waals surface area (Å²) in [4.78, 5) is 28.5. The summed E-state index contributed by atoms with van der Waals surface area (Å²) in [6, 6.07) is 1.66. The third-order valence-corrected chi connectivity index (χ3v) is 4.87. The molecule has 2 aliphatic rings. The highest BCUT2D eigenvalue weighted by Crippen LogP contribution is 2.24. The summed E-state index contributed by atoms with van der Waals surface area (Å²) in [5.74, 6) is 0.562. The number of nitrogens with zero attached hydrogens (tertiary/aromatic N) is 4. The molecule has 3 rings (SSSR count). The Kier molecular flexibility index (Phi) is 5.50. The van der Waals surface area contributed by atoms with Crippen molar-refractivity contribution in [2.75, 3.05) is 44.3 Å². The van der Waals surface area contributed by atoms with Crippen molar-refractivity contribution in [2.45, 2.75) is 32.7 Å². The van der Waals surface area contributed by atoms with Crippen LogP contribution in [-0.2, 0) is 16.1 Å². The summed E-state index contributed by atoms with van der Waals surface area (Å²) in [5, 5.41) is 4.20. The second kappa shape index (κ2) is 7.79. The van der Waals surface area contributed by atoms with Gasteiger partial charge in [0.1, 0.15) is 0 Å². The lowest BCUT2D eigenvalue weighted by Gasteiger charge is -2.35. The van der Waals surface area contributed by atoms with E-state index in [9.17, 15) is 9.59 Å². The fraction of sp³-hybridized carbons (Fsp3) is 0.706. The van der Waals surface area contributed by atoms with Gasteiger partial charge in [0.2, 0.25) is 5.91 Å². The molecule has 0 aliphatic carbocycles. The molecule has 132 valence electrons. The molecule has 0 aromatic carbocycles. The van der Waals surface area contributed by atoms with Crippen LogP contribution in [-0.4, -0.2) is 60.0 Å². The zero-order valence-electron chi connectivity index (χ0n) is 14.3. The number of anilines is 1. The molecule has 0 bridgehead atoms. The van der Waals surface area contributed by atoms with Crippen molar-refractivity contribution in [3.05, 3.63) is 22.6 Å². The molecule has 1 unspecified atom stereocenters. The Morgan fingerprint density at radius 2 is 2.12 bits per heavy atom. The molecular formula is C17H26N4O3. The topological polar surface area (TPSA) is 67.7 Å². The zero-order valence-corrected chi connectivity index (χ0v) is 14.3. The van der Waals surface area contributed by atoms with Crippen molar-refractivity contribution in [3.63, 3.8) is 0 Å². The third-order valence-electron chi connectivity index (χ3n) is 4.87. The molecule has 3 heterocycles. The molecule has 24 heavy (non-hydrogen) atoms. The minimum Gasteiger partial charge on any atom is -0.378 e. The van der Waals surface area contributed by atoms with Crippen LogP contribution < -0.4 is 10.5 Å². The number of aryl methyl sites for hydroxylation is 1. The number of rotatable bonds is 4. The number of amides is 1. The molecule has 0 spiro atoms. The van der Waals surface area contributed by atoms with Gasteiger partial charge in [-0.05, 0) is 25.7 Å². The van der Waals surface area contributed by atoms with E-state index in [0.717, 1.165) is 31.6 Å². The van der Waals surface area contributed by atoms with E-state index in [-0.39, 0.29) is 11.5 Å². The summed E-state index contributed by atoms with van der Waals surface area (Å²) in [6.07, 6.45) is 4.44. The Balaban J connectivity index is 1.60. The number of hydrogen-bond acceptors (Lipinski definition) is 5. The van der Waals surface area contributed by atoms with Crippen molar-refractivity contribution in [1.82, 2.24) is 14.7 Å². The number of morpholine rings is 1. The van der Waals surface area contributed by atoms with Crippen molar-refractivity contribution < 1.29 is 9.53 Å². The second-order valence-electron chi connectivity index (χ2n) is 6.52. The molecule has 2 saturated heterocycles. The van der Waals surface area contributed by atoms with Gasteiger partial charge in [0.25, 0.3) is 5.56 Å². The van der Waals surface area contributed by atoms with Gasteiger partial charge >= 0.3 is 0 Å². The molecule has 2 fully saturated rings. The number of carbonyl (C=O) groups excluding carboxylic acids is 1. The van der Waals surface area contributed by atoms with Crippen molar-refractivity contribution >= 4 is 11.6 Å². The largest absolute Gasteiger partial charge is 0.378 e. The molecule has 1 aromatic heterocycles. The average Bonchev–Trinajstić information content (AvgIpc) is 2.62. The van der Waals surface area contributed by atoms with Crippen LogP contribution in [0.4, 0.5) is 5.69 Å². The van der Waals surface area contributed by atoms with Crippen LogP contribution >= 0.6 is 0 Å². The number of aromatic nitrogens is 2. The first kappa shape index (κ1) is 17.0. The summed E-state index contributed by atoms with van der Waals surface area (Å²) in [7, 11) is 0. The maximum absolute atomic E-state index is 12.4. The van der Waals surface area contributed by atoms with Crippen LogP contribution in [0.25, 0.3) is 0 Å². The van der Waals surface area contributed by atoms with Crippen molar-refractivity contribution in [3.8, 4) is 0 Å². The first-order chi connectivity index (χ1) is 11.7. The van der Waals surface area contributed by atoms with E-state index < -0.39 is 0 Å². The zero-order chi connectivity index (χ0) is 16.9. The van der Waals surface area contributed by atoms with Crippen LogP contribution in [0.5, 0.6) is 0 Å². The maximum atomic E-state index is 12.4. The minimum absolute atomic E-state index is 0.0680. The Morgan fingerprint density at radius 1 is 1.33 bits per heavy atom. The van der Waals surface area contributed by atoms with E-state index in [2.05, 4.69) is 10.00 Å². The summed E-state index contributed by atoms with van der Waals surface area (Å²) in [5.41, 5.74) is 0.801. The van der Waals surface area contributed by atoms with Crippen LogP contribution in [0.1, 0.15) is 26.2 Å². The van der Waals surface area contributed by atoms with Gasteiger partial charge in [0.05, 0.1) is 25.1 Å². The predicted octanol–water partition coefficient (Wildman–Crippen LogP) is 0.729. The normalized spacial score (nSPS) is 21.8. The molecule has 1 atom stereocenters. The van der Waals surface area contributed by atoms with E-state index >= 15 is 0 Å². The Morgan fingerprint density at radius 3 is 2.83 bits per heavy atom. The molecule has 0 saturated carbocycles. The lowest BCUT2D eigenvalue weighted by Crippen LogP contribution is -2.43. The molecular weight excluding hydrogens is 308 g/mol. The Bertz CT molecular complexity index is 625. The summed E-state index contributed by atoms with van der Waals surface area (Å²) in [6.45, 7) is 6.90. The van der Waals surface area contributed by atoms with E-state index in [1.165, 1.54) is 4.68 Å². The van der Waals surface area contributed by atoms with Gasteiger partial charge in [-0.1, -0.05) is 0 Å². The number of hydrogen-bond donors (Lipinski definition) is 0. The Hall–Kier alpha value is -1.89. The van der Waals surface area contributed by atoms with Gasteiger partial charge in [0, 0.05) is 45.2 Å². The third kappa shape index (κ3) is 3.95. The highest BCUT2D eigenvalue weighted by molar-refractivity contribution is 5.76. The van der Waals surface area contributed by atoms with E-state index in [0.29, 0.717) is 45.2 Å². The van der Waals surface area contributed by atoms with E-state index in [4.69, 9.17) is 4.74 Å². The number of carbonyl (C=O) groups is 1. The standard InChI is InChI=1S/C17H26N4O3/c1-2-21-17(23)11-15(12-18-21)20-5-3-4-14(13-20)10-16(22)19-6-8-24-9-7-19/h11-12,14H,2-10,13H2,1H3. The van der Waals surface area contributed by atoms with Gasteiger partial charge < -0.3 is 14.5 Å². The minimum atomic E-state index is -0.0680. The molecule has 7 nitrogen and oxygen atoms in total. The van der Waals surface area contributed by atoms with E-state index in [1.54, 1.807) is 12.3 Å². The van der Waals surface area contributed by atoms with E-state index in [1.807, 2.05) is 11.8 Å². The Labute approximate surface area is 142 Å². The lowest BCUT2D eigenvalue weighted by molar-refractivity contribution is -0.136. The lowest BCUT2D eigenvalue weighted by atomic mass is 9.94. The van der Waals surface area contributed by atoms with Crippen LogP contribution in [0, 0.1) is 5.92 Å². The SMILES string of the molecule is CCn1ncc(N2CCCC(CC(=O)N3CCOCC3)C2)cc1=O. The predicted molar refractivity (Wildman–Crippen MR) is 91.1 cm³/mol. The fourth-order valence-electron chi connectivity index (χ4n) is 3.49. The molecule has 0 radical (unpaired) electrons. The quantitative estimate of drug-likeness (QED) is 0.812. The molecule has 7 heteroatoms. The van der Waals surface area contributed by atoms with Crippen molar-refractivity contribution in [2.24, 2.45) is 5.92 Å². The second-order valence-corrected chi connectivity index (χ2v) is 6.52. The van der Waals surface area contributed by atoms with Gasteiger partial charge in [-0.25, -0.2) is 4.68 Å². The highest BCUT2D eigenvalue weighted by atomic mass is 16.5. The maximum Gasteiger partial charge on any atom is 0.268 e. The number of ether oxygens (including phenoxy) is 1. The van der Waals surface area contributed by atoms with Gasteiger partial charge in [-0.15, -0.1) is 0 Å². The number of piperidine rings is 1. The van der Waals surface area contributed by atoms with Crippen LogP contribution in [0.2, 0.25) is 0 Å². The molecule has 0 N–H and O–H groups in total.